The highest BCUT2D eigenvalue weighted by Crippen LogP contribution is 2.38. The lowest BCUT2D eigenvalue weighted by Crippen LogP contribution is -2.41. The summed E-state index contributed by atoms with van der Waals surface area (Å²) in [5.74, 6) is 1.03. The van der Waals surface area contributed by atoms with E-state index in [1.165, 1.54) is 12.1 Å². The van der Waals surface area contributed by atoms with Crippen molar-refractivity contribution in [2.75, 3.05) is 46.0 Å². The van der Waals surface area contributed by atoms with Crippen LogP contribution in [0.3, 0.4) is 0 Å². The smallest absolute Gasteiger partial charge is 0.416 e. The number of alkyl halides is 3. The summed E-state index contributed by atoms with van der Waals surface area (Å²) in [5.41, 5.74) is -0.469. The molecule has 2 fully saturated rings. The summed E-state index contributed by atoms with van der Waals surface area (Å²) in [6, 6.07) is 4.91. The highest BCUT2D eigenvalue weighted by molar-refractivity contribution is 5.80. The molecule has 1 N–H and O–H groups in total. The molecule has 0 aromatic heterocycles. The number of aliphatic imine (C=N–C) groups is 1. The Morgan fingerprint density at radius 3 is 2.93 bits per heavy atom. The molecule has 0 amide bonds. The standard InChI is InChI=1S/C19H26F3N3O2/c1-2-23-17(25-9-6-18(13-25)7-10-26-14-18)24-8-11-27-16-5-3-4-15(12-16)19(20,21)22/h3-5,12H,2,6-11,13-14H2,1H3,(H,23,24). The monoisotopic (exact) mass is 385 g/mol. The first-order chi connectivity index (χ1) is 12.9. The van der Waals surface area contributed by atoms with Gasteiger partial charge in [-0.15, -0.1) is 0 Å². The van der Waals surface area contributed by atoms with Gasteiger partial charge in [0.15, 0.2) is 5.96 Å². The van der Waals surface area contributed by atoms with Gasteiger partial charge < -0.3 is 19.7 Å². The molecular formula is C19H26F3N3O2. The topological polar surface area (TPSA) is 46.1 Å². The maximum Gasteiger partial charge on any atom is 0.416 e. The summed E-state index contributed by atoms with van der Waals surface area (Å²) in [6.07, 6.45) is -2.19. The van der Waals surface area contributed by atoms with Crippen molar-refractivity contribution in [2.24, 2.45) is 10.4 Å². The van der Waals surface area contributed by atoms with E-state index in [0.717, 1.165) is 63.8 Å². The molecule has 8 heteroatoms. The Labute approximate surface area is 157 Å². The van der Waals surface area contributed by atoms with E-state index in [-0.39, 0.29) is 17.8 Å². The zero-order valence-corrected chi connectivity index (χ0v) is 15.5. The molecule has 0 bridgehead atoms. The van der Waals surface area contributed by atoms with Gasteiger partial charge >= 0.3 is 6.18 Å². The van der Waals surface area contributed by atoms with E-state index in [2.05, 4.69) is 15.2 Å². The number of halogens is 3. The second-order valence-corrected chi connectivity index (χ2v) is 7.08. The van der Waals surface area contributed by atoms with Gasteiger partial charge in [-0.25, -0.2) is 4.99 Å². The third kappa shape index (κ3) is 5.06. The lowest BCUT2D eigenvalue weighted by atomic mass is 9.87. The highest BCUT2D eigenvalue weighted by atomic mass is 19.4. The lowest BCUT2D eigenvalue weighted by molar-refractivity contribution is -0.137. The van der Waals surface area contributed by atoms with Crippen LogP contribution in [0.15, 0.2) is 29.3 Å². The SMILES string of the molecule is CCNC(=NCCOc1cccc(C(F)(F)F)c1)N1CCC2(CCOC2)C1. The van der Waals surface area contributed by atoms with Gasteiger partial charge in [0.25, 0.3) is 0 Å². The number of rotatable bonds is 5. The number of nitrogens with one attached hydrogen (secondary N) is 1. The fraction of sp³-hybridized carbons (Fsp3) is 0.632. The largest absolute Gasteiger partial charge is 0.492 e. The zero-order valence-electron chi connectivity index (χ0n) is 15.5. The number of guanidine groups is 1. The zero-order chi connectivity index (χ0) is 19.3. The summed E-state index contributed by atoms with van der Waals surface area (Å²) >= 11 is 0. The van der Waals surface area contributed by atoms with Crippen LogP contribution < -0.4 is 10.1 Å². The van der Waals surface area contributed by atoms with Gasteiger partial charge in [-0.05, 0) is 38.0 Å². The minimum atomic E-state index is -4.37. The van der Waals surface area contributed by atoms with E-state index in [0.29, 0.717) is 6.54 Å². The molecule has 0 aliphatic carbocycles. The molecule has 1 aromatic carbocycles. The number of hydrogen-bond donors (Lipinski definition) is 1. The maximum absolute atomic E-state index is 12.7. The molecule has 2 aliphatic rings. The Bertz CT molecular complexity index is 658. The molecule has 2 saturated heterocycles. The molecule has 0 radical (unpaired) electrons. The van der Waals surface area contributed by atoms with Crippen LogP contribution in [-0.4, -0.2) is 56.9 Å². The minimum Gasteiger partial charge on any atom is -0.492 e. The van der Waals surface area contributed by atoms with E-state index in [9.17, 15) is 13.2 Å². The van der Waals surface area contributed by atoms with E-state index < -0.39 is 11.7 Å². The van der Waals surface area contributed by atoms with Gasteiger partial charge in [0.05, 0.1) is 18.7 Å². The molecule has 1 aromatic rings. The van der Waals surface area contributed by atoms with Crippen molar-refractivity contribution in [1.29, 1.82) is 0 Å². The van der Waals surface area contributed by atoms with Gasteiger partial charge in [-0.1, -0.05) is 6.07 Å². The summed E-state index contributed by atoms with van der Waals surface area (Å²) in [4.78, 5) is 6.82. The van der Waals surface area contributed by atoms with Crippen LogP contribution in [0.5, 0.6) is 5.75 Å². The van der Waals surface area contributed by atoms with E-state index >= 15 is 0 Å². The predicted octanol–water partition coefficient (Wildman–Crippen LogP) is 3.16. The third-order valence-electron chi connectivity index (χ3n) is 5.04. The molecule has 1 atom stereocenters. The van der Waals surface area contributed by atoms with Crippen LogP contribution in [0.4, 0.5) is 13.2 Å². The van der Waals surface area contributed by atoms with Gasteiger partial charge in [0, 0.05) is 31.7 Å². The van der Waals surface area contributed by atoms with Gasteiger partial charge in [0.1, 0.15) is 12.4 Å². The highest BCUT2D eigenvalue weighted by Gasteiger charge is 2.42. The van der Waals surface area contributed by atoms with Crippen LogP contribution in [-0.2, 0) is 10.9 Å². The summed E-state index contributed by atoms with van der Waals surface area (Å²) in [7, 11) is 0. The first kappa shape index (κ1) is 19.8. The molecule has 5 nitrogen and oxygen atoms in total. The minimum absolute atomic E-state index is 0.202. The maximum atomic E-state index is 12.7. The first-order valence-corrected chi connectivity index (χ1v) is 9.33. The molecule has 1 unspecified atom stereocenters. The Morgan fingerprint density at radius 2 is 2.22 bits per heavy atom. The van der Waals surface area contributed by atoms with Crippen LogP contribution in [0, 0.1) is 5.41 Å². The number of nitrogens with zero attached hydrogens (tertiary/aromatic N) is 2. The average Bonchev–Trinajstić information content (AvgIpc) is 3.27. The fourth-order valence-electron chi connectivity index (χ4n) is 3.59. The number of ether oxygens (including phenoxy) is 2. The third-order valence-corrected chi connectivity index (χ3v) is 5.04. The lowest BCUT2D eigenvalue weighted by Gasteiger charge is -2.25. The van der Waals surface area contributed by atoms with E-state index in [1.54, 1.807) is 0 Å². The second-order valence-electron chi connectivity index (χ2n) is 7.08. The average molecular weight is 385 g/mol. The van der Waals surface area contributed by atoms with Gasteiger partial charge in [0.2, 0.25) is 0 Å². The molecule has 3 rings (SSSR count). The number of benzene rings is 1. The molecule has 2 heterocycles. The summed E-state index contributed by atoms with van der Waals surface area (Å²) in [6.45, 7) is 6.86. The van der Waals surface area contributed by atoms with Crippen LogP contribution in [0.1, 0.15) is 25.3 Å². The van der Waals surface area contributed by atoms with E-state index in [4.69, 9.17) is 9.47 Å². The Hall–Kier alpha value is -1.96. The van der Waals surface area contributed by atoms with E-state index in [1.807, 2.05) is 6.92 Å². The molecule has 2 aliphatic heterocycles. The molecule has 27 heavy (non-hydrogen) atoms. The number of hydrogen-bond acceptors (Lipinski definition) is 3. The summed E-state index contributed by atoms with van der Waals surface area (Å²) < 4.78 is 49.3. The summed E-state index contributed by atoms with van der Waals surface area (Å²) in [5, 5.41) is 3.29. The predicted molar refractivity (Wildman–Crippen MR) is 97.0 cm³/mol. The van der Waals surface area contributed by atoms with Gasteiger partial charge in [-0.2, -0.15) is 13.2 Å². The van der Waals surface area contributed by atoms with Gasteiger partial charge in [-0.3, -0.25) is 0 Å². The molecule has 1 spiro atoms. The normalized spacial score (nSPS) is 23.3. The molecule has 150 valence electrons. The van der Waals surface area contributed by atoms with Crippen LogP contribution in [0.25, 0.3) is 0 Å². The van der Waals surface area contributed by atoms with Crippen LogP contribution >= 0.6 is 0 Å². The van der Waals surface area contributed by atoms with Crippen molar-refractivity contribution in [2.45, 2.75) is 25.9 Å². The van der Waals surface area contributed by atoms with Crippen molar-refractivity contribution in [3.63, 3.8) is 0 Å². The Kier molecular flexibility index (Phi) is 6.14. The van der Waals surface area contributed by atoms with Crippen LogP contribution in [0.2, 0.25) is 0 Å². The van der Waals surface area contributed by atoms with Crippen molar-refractivity contribution in [3.05, 3.63) is 29.8 Å². The fourth-order valence-corrected chi connectivity index (χ4v) is 3.59. The first-order valence-electron chi connectivity index (χ1n) is 9.33. The Balaban J connectivity index is 1.54. The van der Waals surface area contributed by atoms with Crippen molar-refractivity contribution in [1.82, 2.24) is 10.2 Å². The Morgan fingerprint density at radius 1 is 1.37 bits per heavy atom. The quantitative estimate of drug-likeness (QED) is 0.481. The molecule has 0 saturated carbocycles. The second kappa shape index (κ2) is 8.37. The van der Waals surface area contributed by atoms with Crippen molar-refractivity contribution < 1.29 is 22.6 Å². The van der Waals surface area contributed by atoms with Crippen molar-refractivity contribution in [3.8, 4) is 5.75 Å². The molecular weight excluding hydrogens is 359 g/mol. The van der Waals surface area contributed by atoms with Crippen molar-refractivity contribution >= 4 is 5.96 Å². The number of likely N-dealkylation sites (tertiary alicyclic amines) is 1.